The van der Waals surface area contributed by atoms with E-state index in [2.05, 4.69) is 40.7 Å². The van der Waals surface area contributed by atoms with E-state index in [-0.39, 0.29) is 34.5 Å². The molecule has 1 aliphatic heterocycles. The third-order valence-corrected chi connectivity index (χ3v) is 15.2. The average Bonchev–Trinajstić information content (AvgIpc) is 2.98. The Morgan fingerprint density at radius 3 is 2.13 bits per heavy atom. The van der Waals surface area contributed by atoms with E-state index in [1.165, 1.54) is 5.57 Å². The van der Waals surface area contributed by atoms with Crippen molar-refractivity contribution in [3.63, 3.8) is 0 Å². The summed E-state index contributed by atoms with van der Waals surface area (Å²) in [5, 5.41) is 74.4. The molecule has 15 atom stereocenters. The smallest absolute Gasteiger partial charge is 0.312 e. The molecule has 6 rings (SSSR count). The van der Waals surface area contributed by atoms with Crippen molar-refractivity contribution in [2.45, 2.75) is 142 Å². The van der Waals surface area contributed by atoms with Crippen LogP contribution in [0.2, 0.25) is 0 Å². The van der Waals surface area contributed by atoms with E-state index in [1.54, 1.807) is 6.92 Å². The first kappa shape index (κ1) is 35.2. The summed E-state index contributed by atoms with van der Waals surface area (Å²) >= 11 is 0. The zero-order valence-electron chi connectivity index (χ0n) is 28.7. The number of rotatable bonds is 5. The quantitative estimate of drug-likeness (QED) is 0.169. The van der Waals surface area contributed by atoms with Crippen molar-refractivity contribution in [2.75, 3.05) is 6.61 Å². The predicted octanol–water partition coefficient (Wildman–Crippen LogP) is 3.09. The number of hydrogen-bond acceptors (Lipinski definition) is 9. The Kier molecular flexibility index (Phi) is 8.40. The fourth-order valence-electron chi connectivity index (χ4n) is 12.2. The van der Waals surface area contributed by atoms with Crippen molar-refractivity contribution in [2.24, 2.45) is 50.2 Å². The molecule has 47 heavy (non-hydrogen) atoms. The van der Waals surface area contributed by atoms with E-state index in [0.717, 1.165) is 25.7 Å². The minimum absolute atomic E-state index is 0.0120. The highest BCUT2D eigenvalue weighted by Crippen LogP contribution is 2.76. The Balaban J connectivity index is 1.36. The molecule has 1 saturated heterocycles. The summed E-state index contributed by atoms with van der Waals surface area (Å²) in [7, 11) is 0. The molecule has 0 aromatic rings. The van der Waals surface area contributed by atoms with Crippen molar-refractivity contribution < 1.29 is 54.8 Å². The average molecular weight is 665 g/mol. The van der Waals surface area contributed by atoms with Crippen LogP contribution in [0, 0.1) is 50.2 Å². The van der Waals surface area contributed by atoms with Crippen molar-refractivity contribution in [3.05, 3.63) is 11.6 Å². The molecule has 266 valence electrons. The van der Waals surface area contributed by atoms with Crippen LogP contribution in [0.4, 0.5) is 0 Å². The molecule has 6 aliphatic rings. The second kappa shape index (κ2) is 11.2. The molecule has 0 amide bonds. The van der Waals surface area contributed by atoms with E-state index in [4.69, 9.17) is 9.47 Å². The van der Waals surface area contributed by atoms with Gasteiger partial charge in [0.2, 0.25) is 0 Å². The van der Waals surface area contributed by atoms with Gasteiger partial charge < -0.3 is 45.2 Å². The van der Waals surface area contributed by atoms with Crippen LogP contribution in [0.3, 0.4) is 0 Å². The standard InChI is InChI=1S/C36H56O11/c1-31(2)11-13-36(30(44)45)14-12-33(4)18(19(36)15-31)7-8-22-32(3)16-20(38)27(35(6,29(42)43)23(32)9-10-34(22,33)5)47-28-26(41)25(40)24(39)21(17-37)46-28/h7,19-28,37-41H,8-17H2,1-6H3,(H,42,43)(H,44,45)/t19-,20-,21+,22+,23+,24+,25-,26+,27-,28?,32+,33+,34+,35?,36-/m0/s1. The van der Waals surface area contributed by atoms with Crippen LogP contribution in [0.15, 0.2) is 11.6 Å². The highest BCUT2D eigenvalue weighted by molar-refractivity contribution is 5.77. The molecule has 0 aromatic carbocycles. The van der Waals surface area contributed by atoms with Gasteiger partial charge in [-0.05, 0) is 104 Å². The third kappa shape index (κ3) is 4.69. The lowest BCUT2D eigenvalue weighted by atomic mass is 9.33. The van der Waals surface area contributed by atoms with Gasteiger partial charge >= 0.3 is 11.9 Å². The maximum atomic E-state index is 13.3. The molecule has 5 aliphatic carbocycles. The number of aliphatic hydroxyl groups is 5. The number of aliphatic hydroxyl groups excluding tert-OH is 5. The first-order chi connectivity index (χ1) is 21.7. The summed E-state index contributed by atoms with van der Waals surface area (Å²) in [6.45, 7) is 12.1. The summed E-state index contributed by atoms with van der Waals surface area (Å²) in [4.78, 5) is 26.3. The molecule has 11 nitrogen and oxygen atoms in total. The van der Waals surface area contributed by atoms with Gasteiger partial charge in [-0.25, -0.2) is 0 Å². The lowest BCUT2D eigenvalue weighted by Gasteiger charge is -2.71. The summed E-state index contributed by atoms with van der Waals surface area (Å²) < 4.78 is 11.7. The van der Waals surface area contributed by atoms with Crippen LogP contribution in [0.1, 0.15) is 99.3 Å². The van der Waals surface area contributed by atoms with Crippen LogP contribution < -0.4 is 0 Å². The highest BCUT2D eigenvalue weighted by atomic mass is 16.7. The number of carbonyl (C=O) groups is 2. The number of hydrogen-bond donors (Lipinski definition) is 7. The Morgan fingerprint density at radius 1 is 0.851 bits per heavy atom. The molecule has 4 saturated carbocycles. The normalized spacial score (nSPS) is 53.8. The third-order valence-electron chi connectivity index (χ3n) is 15.2. The number of carboxylic acids is 2. The Bertz CT molecular complexity index is 1310. The maximum Gasteiger partial charge on any atom is 0.312 e. The molecular formula is C36H56O11. The molecule has 5 fully saturated rings. The van der Waals surface area contributed by atoms with Gasteiger partial charge in [0.15, 0.2) is 6.29 Å². The Labute approximate surface area is 277 Å². The first-order valence-electron chi connectivity index (χ1n) is 17.5. The van der Waals surface area contributed by atoms with Gasteiger partial charge in [0.25, 0.3) is 0 Å². The Morgan fingerprint density at radius 2 is 1.51 bits per heavy atom. The van der Waals surface area contributed by atoms with Gasteiger partial charge in [-0.2, -0.15) is 0 Å². The molecule has 11 heteroatoms. The van der Waals surface area contributed by atoms with E-state index < -0.39 is 83.6 Å². The molecule has 0 aromatic heterocycles. The van der Waals surface area contributed by atoms with Crippen LogP contribution in [0.5, 0.6) is 0 Å². The zero-order valence-corrected chi connectivity index (χ0v) is 28.7. The number of carboxylic acid groups (broad SMARTS) is 2. The van der Waals surface area contributed by atoms with Gasteiger partial charge in [0.05, 0.1) is 23.5 Å². The molecule has 1 heterocycles. The summed E-state index contributed by atoms with van der Waals surface area (Å²) in [5.74, 6) is -2.29. The van der Waals surface area contributed by atoms with Crippen molar-refractivity contribution >= 4 is 11.9 Å². The maximum absolute atomic E-state index is 13.3. The van der Waals surface area contributed by atoms with Crippen LogP contribution >= 0.6 is 0 Å². The number of fused-ring (bicyclic) bond motifs is 7. The fraction of sp³-hybridized carbons (Fsp3) is 0.889. The van der Waals surface area contributed by atoms with Crippen LogP contribution in [-0.2, 0) is 19.1 Å². The molecular weight excluding hydrogens is 608 g/mol. The van der Waals surface area contributed by atoms with E-state index >= 15 is 0 Å². The molecule has 7 N–H and O–H groups in total. The Hall–Kier alpha value is -1.60. The minimum Gasteiger partial charge on any atom is -0.481 e. The highest BCUT2D eigenvalue weighted by Gasteiger charge is 2.72. The van der Waals surface area contributed by atoms with E-state index in [0.29, 0.717) is 25.7 Å². The summed E-state index contributed by atoms with van der Waals surface area (Å²) in [5.41, 5.74) is -2.22. The van der Waals surface area contributed by atoms with Crippen LogP contribution in [-0.4, -0.2) is 97.2 Å². The monoisotopic (exact) mass is 664 g/mol. The van der Waals surface area contributed by atoms with Gasteiger partial charge in [-0.3, -0.25) is 9.59 Å². The van der Waals surface area contributed by atoms with Crippen molar-refractivity contribution in [3.8, 4) is 0 Å². The number of ether oxygens (including phenoxy) is 2. The van der Waals surface area contributed by atoms with Gasteiger partial charge in [-0.1, -0.05) is 46.3 Å². The summed E-state index contributed by atoms with van der Waals surface area (Å²) in [6.07, 6.45) is -2.13. The zero-order chi connectivity index (χ0) is 34.7. The SMILES string of the molecule is CC1(C)CC[C@]2(C(=O)O)CC[C@]3(C)C(=CC[C@@H]4[C@@]5(C)C[C@H](O)[C@H](OC6O[C@H](CO)[C@@H](O)[C@H](O)[C@H]6O)C(C)(C(=O)O)[C@@H]5CC[C@]43C)[C@@H]2C1. The van der Waals surface area contributed by atoms with Gasteiger partial charge in [0.1, 0.15) is 30.5 Å². The summed E-state index contributed by atoms with van der Waals surface area (Å²) in [6, 6.07) is 0. The van der Waals surface area contributed by atoms with E-state index in [9.17, 15) is 45.3 Å². The number of allylic oxidation sites excluding steroid dienone is 2. The largest absolute Gasteiger partial charge is 0.481 e. The lowest BCUT2D eigenvalue weighted by Crippen LogP contribution is -2.70. The second-order valence-corrected chi connectivity index (χ2v) is 17.8. The van der Waals surface area contributed by atoms with Crippen molar-refractivity contribution in [1.82, 2.24) is 0 Å². The van der Waals surface area contributed by atoms with Crippen molar-refractivity contribution in [1.29, 1.82) is 0 Å². The molecule has 0 spiro atoms. The minimum atomic E-state index is -1.73. The second-order valence-electron chi connectivity index (χ2n) is 17.8. The van der Waals surface area contributed by atoms with Crippen LogP contribution in [0.25, 0.3) is 0 Å². The van der Waals surface area contributed by atoms with E-state index in [1.807, 2.05) is 0 Å². The fourth-order valence-corrected chi connectivity index (χ4v) is 12.2. The number of aliphatic carboxylic acids is 2. The molecule has 2 unspecified atom stereocenters. The molecule has 0 bridgehead atoms. The van der Waals surface area contributed by atoms with Gasteiger partial charge in [-0.15, -0.1) is 0 Å². The predicted molar refractivity (Wildman–Crippen MR) is 169 cm³/mol. The first-order valence-corrected chi connectivity index (χ1v) is 17.5. The topological polar surface area (TPSA) is 194 Å². The molecule has 0 radical (unpaired) electrons. The lowest BCUT2D eigenvalue weighted by molar-refractivity contribution is -0.340. The van der Waals surface area contributed by atoms with Gasteiger partial charge in [0, 0.05) is 0 Å².